The summed E-state index contributed by atoms with van der Waals surface area (Å²) in [6, 6.07) is 25.2. The summed E-state index contributed by atoms with van der Waals surface area (Å²) in [6.45, 7) is 0.484. The Bertz CT molecular complexity index is 1350. The molecule has 31 heavy (non-hydrogen) atoms. The van der Waals surface area contributed by atoms with E-state index in [9.17, 15) is 0 Å². The van der Waals surface area contributed by atoms with Crippen LogP contribution in [0.2, 0.25) is 10.0 Å². The lowest BCUT2D eigenvalue weighted by molar-refractivity contribution is 0.306. The van der Waals surface area contributed by atoms with E-state index < -0.39 is 0 Å². The lowest BCUT2D eigenvalue weighted by Crippen LogP contribution is -1.97. The van der Waals surface area contributed by atoms with Crippen LogP contribution in [0.15, 0.2) is 91.3 Å². The summed E-state index contributed by atoms with van der Waals surface area (Å²) >= 11 is 12.1. The van der Waals surface area contributed by atoms with Gasteiger partial charge in [0.2, 0.25) is 0 Å². The first-order valence-electron chi connectivity index (χ1n) is 9.74. The molecule has 0 bridgehead atoms. The van der Waals surface area contributed by atoms with Crippen LogP contribution in [0.3, 0.4) is 0 Å². The third kappa shape index (κ3) is 4.13. The molecule has 152 valence electrons. The predicted octanol–water partition coefficient (Wildman–Crippen LogP) is 6.95. The second kappa shape index (κ2) is 8.42. The molecule has 0 spiro atoms. The normalized spacial score (nSPS) is 11.0. The summed E-state index contributed by atoms with van der Waals surface area (Å²) in [5, 5.41) is 5.97. The van der Waals surface area contributed by atoms with Crippen molar-refractivity contribution in [3.8, 4) is 28.1 Å². The molecule has 2 heterocycles. The monoisotopic (exact) mass is 445 g/mol. The zero-order valence-corrected chi connectivity index (χ0v) is 17.9. The van der Waals surface area contributed by atoms with Gasteiger partial charge in [-0.1, -0.05) is 47.5 Å². The second-order valence-corrected chi connectivity index (χ2v) is 7.95. The number of aromatic nitrogens is 3. The lowest BCUT2D eigenvalue weighted by atomic mass is 10.1. The molecule has 0 amide bonds. The van der Waals surface area contributed by atoms with Crippen LogP contribution >= 0.6 is 23.2 Å². The van der Waals surface area contributed by atoms with Crippen LogP contribution in [0.4, 0.5) is 0 Å². The van der Waals surface area contributed by atoms with E-state index in [1.807, 2.05) is 89.6 Å². The van der Waals surface area contributed by atoms with Crippen molar-refractivity contribution >= 4 is 28.8 Å². The predicted molar refractivity (Wildman–Crippen MR) is 125 cm³/mol. The Hall–Kier alpha value is -3.34. The highest BCUT2D eigenvalue weighted by Crippen LogP contribution is 2.29. The van der Waals surface area contributed by atoms with Gasteiger partial charge in [-0.15, -0.1) is 0 Å². The Morgan fingerprint density at radius 2 is 1.61 bits per heavy atom. The molecule has 0 fully saturated rings. The summed E-state index contributed by atoms with van der Waals surface area (Å²) in [7, 11) is 0. The van der Waals surface area contributed by atoms with E-state index in [1.165, 1.54) is 0 Å². The van der Waals surface area contributed by atoms with E-state index in [0.29, 0.717) is 16.7 Å². The molecule has 0 radical (unpaired) electrons. The Morgan fingerprint density at radius 1 is 0.806 bits per heavy atom. The first-order valence-corrected chi connectivity index (χ1v) is 10.5. The Kier molecular flexibility index (Phi) is 5.33. The number of fused-ring (bicyclic) bond motifs is 1. The maximum absolute atomic E-state index is 6.16. The van der Waals surface area contributed by atoms with Gasteiger partial charge in [0.25, 0.3) is 0 Å². The van der Waals surface area contributed by atoms with Crippen LogP contribution in [0.5, 0.6) is 5.75 Å². The first kappa shape index (κ1) is 19.6. The molecule has 2 aromatic heterocycles. The summed E-state index contributed by atoms with van der Waals surface area (Å²) in [5.74, 6) is 0.795. The van der Waals surface area contributed by atoms with E-state index in [4.69, 9.17) is 27.9 Å². The van der Waals surface area contributed by atoms with E-state index in [0.717, 1.165) is 39.3 Å². The smallest absolute Gasteiger partial charge is 0.163 e. The molecule has 0 N–H and O–H groups in total. The summed E-state index contributed by atoms with van der Waals surface area (Å²) < 4.78 is 7.74. The first-order chi connectivity index (χ1) is 15.2. The highest BCUT2D eigenvalue weighted by atomic mass is 35.5. The fraction of sp³-hybridized carbons (Fsp3) is 0.0400. The van der Waals surface area contributed by atoms with Gasteiger partial charge in [0, 0.05) is 27.4 Å². The lowest BCUT2D eigenvalue weighted by Gasteiger charge is -2.09. The second-order valence-electron chi connectivity index (χ2n) is 7.07. The largest absolute Gasteiger partial charge is 0.489 e. The van der Waals surface area contributed by atoms with Crippen molar-refractivity contribution in [2.75, 3.05) is 0 Å². The van der Waals surface area contributed by atoms with Crippen molar-refractivity contribution in [1.29, 1.82) is 0 Å². The zero-order valence-electron chi connectivity index (χ0n) is 16.4. The van der Waals surface area contributed by atoms with Crippen LogP contribution < -0.4 is 4.74 Å². The molecule has 6 heteroatoms. The van der Waals surface area contributed by atoms with Crippen molar-refractivity contribution in [2.45, 2.75) is 6.61 Å². The SMILES string of the molecule is Clc1ccc(COc2ccc(-c3ccnc4c(-c5cccc(Cl)c5)cnn34)cc2)cc1. The third-order valence-corrected chi connectivity index (χ3v) is 5.49. The van der Waals surface area contributed by atoms with Gasteiger partial charge in [-0.25, -0.2) is 9.50 Å². The van der Waals surface area contributed by atoms with Crippen molar-refractivity contribution in [2.24, 2.45) is 0 Å². The summed E-state index contributed by atoms with van der Waals surface area (Å²) in [4.78, 5) is 4.54. The van der Waals surface area contributed by atoms with Gasteiger partial charge >= 0.3 is 0 Å². The fourth-order valence-electron chi connectivity index (χ4n) is 3.44. The van der Waals surface area contributed by atoms with E-state index in [1.54, 1.807) is 6.20 Å². The number of rotatable bonds is 5. The Morgan fingerprint density at radius 3 is 2.39 bits per heavy atom. The summed E-state index contributed by atoms with van der Waals surface area (Å²) in [5.41, 5.74) is 5.73. The van der Waals surface area contributed by atoms with Crippen molar-refractivity contribution in [1.82, 2.24) is 14.6 Å². The van der Waals surface area contributed by atoms with Gasteiger partial charge in [0.05, 0.1) is 11.9 Å². The van der Waals surface area contributed by atoms with E-state index in [-0.39, 0.29) is 0 Å². The van der Waals surface area contributed by atoms with Crippen molar-refractivity contribution < 1.29 is 4.74 Å². The van der Waals surface area contributed by atoms with Gasteiger partial charge in [0.1, 0.15) is 12.4 Å². The van der Waals surface area contributed by atoms with Gasteiger partial charge in [-0.3, -0.25) is 0 Å². The molecule has 0 saturated heterocycles. The average molecular weight is 446 g/mol. The molecule has 0 aliphatic carbocycles. The minimum atomic E-state index is 0.484. The molecule has 5 aromatic rings. The molecular formula is C25H17Cl2N3O. The van der Waals surface area contributed by atoms with Crippen molar-refractivity contribution in [3.05, 3.63) is 107 Å². The minimum Gasteiger partial charge on any atom is -0.489 e. The standard InChI is InChI=1S/C25H17Cl2N3O/c26-20-8-4-17(5-9-20)16-31-22-10-6-18(7-11-22)24-12-13-28-25-23(15-29-30(24)25)19-2-1-3-21(27)14-19/h1-15H,16H2. The molecule has 0 atom stereocenters. The van der Waals surface area contributed by atoms with Crippen LogP contribution in [-0.2, 0) is 6.61 Å². The highest BCUT2D eigenvalue weighted by molar-refractivity contribution is 6.31. The number of benzene rings is 3. The van der Waals surface area contributed by atoms with Crippen LogP contribution in [0.25, 0.3) is 28.0 Å². The fourth-order valence-corrected chi connectivity index (χ4v) is 3.76. The molecule has 0 unspecified atom stereocenters. The van der Waals surface area contributed by atoms with Crippen LogP contribution in [0.1, 0.15) is 5.56 Å². The molecule has 0 saturated carbocycles. The molecule has 0 aliphatic heterocycles. The van der Waals surface area contributed by atoms with E-state index in [2.05, 4.69) is 10.1 Å². The number of nitrogens with zero attached hydrogens (tertiary/aromatic N) is 3. The molecule has 4 nitrogen and oxygen atoms in total. The molecule has 5 rings (SSSR count). The number of hydrogen-bond acceptors (Lipinski definition) is 3. The third-order valence-electron chi connectivity index (χ3n) is 5.01. The number of ether oxygens (including phenoxy) is 1. The van der Waals surface area contributed by atoms with Gasteiger partial charge < -0.3 is 4.74 Å². The van der Waals surface area contributed by atoms with Crippen LogP contribution in [-0.4, -0.2) is 14.6 Å². The maximum atomic E-state index is 6.16. The highest BCUT2D eigenvalue weighted by Gasteiger charge is 2.12. The molecule has 0 aliphatic rings. The van der Waals surface area contributed by atoms with Crippen LogP contribution in [0, 0.1) is 0 Å². The number of halogens is 2. The topological polar surface area (TPSA) is 39.4 Å². The maximum Gasteiger partial charge on any atom is 0.163 e. The van der Waals surface area contributed by atoms with Gasteiger partial charge in [-0.05, 0) is 65.7 Å². The summed E-state index contributed by atoms with van der Waals surface area (Å²) in [6.07, 6.45) is 3.62. The number of hydrogen-bond donors (Lipinski definition) is 0. The molecular weight excluding hydrogens is 429 g/mol. The zero-order chi connectivity index (χ0) is 21.2. The van der Waals surface area contributed by atoms with Gasteiger partial charge in [-0.2, -0.15) is 5.10 Å². The van der Waals surface area contributed by atoms with Gasteiger partial charge in [0.15, 0.2) is 5.65 Å². The quantitative estimate of drug-likeness (QED) is 0.293. The van der Waals surface area contributed by atoms with E-state index >= 15 is 0 Å². The Balaban J connectivity index is 1.41. The average Bonchev–Trinajstić information content (AvgIpc) is 3.23. The minimum absolute atomic E-state index is 0.484. The Labute approximate surface area is 189 Å². The van der Waals surface area contributed by atoms with Crippen molar-refractivity contribution in [3.63, 3.8) is 0 Å². The molecule has 3 aromatic carbocycles.